The molecular weight excluding hydrogens is 288 g/mol. The van der Waals surface area contributed by atoms with E-state index < -0.39 is 5.60 Å². The Morgan fingerprint density at radius 2 is 1.96 bits per heavy atom. The number of carbonyl (C=O) groups excluding carboxylic acids is 1. The van der Waals surface area contributed by atoms with Gasteiger partial charge in [-0.2, -0.15) is 0 Å². The second-order valence-corrected chi connectivity index (χ2v) is 8.06. The first-order chi connectivity index (χ1) is 10.7. The van der Waals surface area contributed by atoms with E-state index in [2.05, 4.69) is 48.3 Å². The quantitative estimate of drug-likeness (QED) is 0.917. The van der Waals surface area contributed by atoms with Crippen LogP contribution in [0.3, 0.4) is 0 Å². The average molecular weight is 318 g/mol. The molecule has 1 heterocycles. The second-order valence-electron chi connectivity index (χ2n) is 8.06. The molecule has 128 valence electrons. The van der Waals surface area contributed by atoms with E-state index in [1.807, 2.05) is 26.8 Å². The second kappa shape index (κ2) is 6.91. The molecule has 0 saturated carbocycles. The Morgan fingerprint density at radius 1 is 1.30 bits per heavy atom. The van der Waals surface area contributed by atoms with Crippen molar-refractivity contribution in [3.63, 3.8) is 0 Å². The van der Waals surface area contributed by atoms with Gasteiger partial charge in [-0.05, 0) is 53.0 Å². The van der Waals surface area contributed by atoms with E-state index in [0.29, 0.717) is 0 Å². The minimum absolute atomic E-state index is 0.140. The first kappa shape index (κ1) is 17.8. The lowest BCUT2D eigenvalue weighted by Crippen LogP contribution is -2.56. The molecule has 1 aromatic carbocycles. The summed E-state index contributed by atoms with van der Waals surface area (Å²) in [6.45, 7) is 12.0. The molecule has 4 nitrogen and oxygen atoms in total. The van der Waals surface area contributed by atoms with Gasteiger partial charge in [-0.3, -0.25) is 4.90 Å². The number of ether oxygens (including phenoxy) is 1. The van der Waals surface area contributed by atoms with Gasteiger partial charge in [0.1, 0.15) is 5.60 Å². The summed E-state index contributed by atoms with van der Waals surface area (Å²) in [5.41, 5.74) is 0.988. The third kappa shape index (κ3) is 5.54. The van der Waals surface area contributed by atoms with E-state index in [9.17, 15) is 4.79 Å². The molecule has 1 fully saturated rings. The summed E-state index contributed by atoms with van der Waals surface area (Å²) in [6.07, 6.45) is 1.72. The van der Waals surface area contributed by atoms with Crippen LogP contribution in [0.1, 0.15) is 53.0 Å². The number of hydrogen-bond acceptors (Lipinski definition) is 3. The SMILES string of the molecule is CC(C)(C)OC(=O)N[C@H]1CCC(C)(C)N(Cc2ccccc2)C1. The van der Waals surface area contributed by atoms with Crippen LogP contribution in [0.4, 0.5) is 4.79 Å². The minimum atomic E-state index is -0.457. The molecule has 0 unspecified atom stereocenters. The first-order valence-electron chi connectivity index (χ1n) is 8.44. The van der Waals surface area contributed by atoms with Crippen LogP contribution in [0.2, 0.25) is 0 Å². The Hall–Kier alpha value is -1.55. The fourth-order valence-corrected chi connectivity index (χ4v) is 2.96. The number of likely N-dealkylation sites (tertiary alicyclic amines) is 1. The molecule has 0 radical (unpaired) electrons. The first-order valence-corrected chi connectivity index (χ1v) is 8.44. The Labute approximate surface area is 140 Å². The number of carbonyl (C=O) groups is 1. The van der Waals surface area contributed by atoms with Gasteiger partial charge < -0.3 is 10.1 Å². The maximum Gasteiger partial charge on any atom is 0.407 e. The van der Waals surface area contributed by atoms with Gasteiger partial charge in [0.25, 0.3) is 0 Å². The van der Waals surface area contributed by atoms with Gasteiger partial charge in [0.05, 0.1) is 0 Å². The highest BCUT2D eigenvalue weighted by Gasteiger charge is 2.35. The van der Waals surface area contributed by atoms with Gasteiger partial charge in [-0.1, -0.05) is 30.3 Å². The largest absolute Gasteiger partial charge is 0.444 e. The van der Waals surface area contributed by atoms with Gasteiger partial charge in [-0.25, -0.2) is 4.79 Å². The standard InChI is InChI=1S/C19H30N2O2/c1-18(2,3)23-17(22)20-16-11-12-19(4,5)21(14-16)13-15-9-7-6-8-10-15/h6-10,16H,11-14H2,1-5H3,(H,20,22)/t16-/m0/s1. The van der Waals surface area contributed by atoms with Crippen LogP contribution in [0.25, 0.3) is 0 Å². The summed E-state index contributed by atoms with van der Waals surface area (Å²) < 4.78 is 5.38. The summed E-state index contributed by atoms with van der Waals surface area (Å²) in [5.74, 6) is 0. The van der Waals surface area contributed by atoms with Crippen molar-refractivity contribution in [2.45, 2.75) is 71.2 Å². The molecule has 1 aromatic rings. The molecule has 4 heteroatoms. The molecule has 1 aliphatic heterocycles. The van der Waals surface area contributed by atoms with Crippen molar-refractivity contribution in [3.8, 4) is 0 Å². The third-order valence-corrected chi connectivity index (χ3v) is 4.34. The zero-order valence-electron chi connectivity index (χ0n) is 15.1. The smallest absolute Gasteiger partial charge is 0.407 e. The van der Waals surface area contributed by atoms with Gasteiger partial charge in [0.2, 0.25) is 0 Å². The molecule has 1 atom stereocenters. The maximum absolute atomic E-state index is 12.0. The summed E-state index contributed by atoms with van der Waals surface area (Å²) in [6, 6.07) is 10.6. The van der Waals surface area contributed by atoms with Gasteiger partial charge in [0.15, 0.2) is 0 Å². The van der Waals surface area contributed by atoms with Crippen molar-refractivity contribution < 1.29 is 9.53 Å². The summed E-state index contributed by atoms with van der Waals surface area (Å²) in [4.78, 5) is 14.5. The highest BCUT2D eigenvalue weighted by Crippen LogP contribution is 2.29. The number of rotatable bonds is 3. The lowest BCUT2D eigenvalue weighted by molar-refractivity contribution is 0.0295. The van der Waals surface area contributed by atoms with Gasteiger partial charge in [-0.15, -0.1) is 0 Å². The number of benzene rings is 1. The highest BCUT2D eigenvalue weighted by atomic mass is 16.6. The fourth-order valence-electron chi connectivity index (χ4n) is 2.96. The molecule has 2 rings (SSSR count). The van der Waals surface area contributed by atoms with Crippen LogP contribution in [-0.4, -0.2) is 34.7 Å². The monoisotopic (exact) mass is 318 g/mol. The van der Waals surface area contributed by atoms with Crippen LogP contribution in [0, 0.1) is 0 Å². The minimum Gasteiger partial charge on any atom is -0.444 e. The highest BCUT2D eigenvalue weighted by molar-refractivity contribution is 5.68. The predicted octanol–water partition coefficient (Wildman–Crippen LogP) is 3.95. The average Bonchev–Trinajstić information content (AvgIpc) is 2.42. The number of piperidine rings is 1. The summed E-state index contributed by atoms with van der Waals surface area (Å²) >= 11 is 0. The molecule has 23 heavy (non-hydrogen) atoms. The normalized spacial score (nSPS) is 21.7. The topological polar surface area (TPSA) is 41.6 Å². The molecular formula is C19H30N2O2. The Bertz CT molecular complexity index is 520. The molecule has 1 amide bonds. The lowest BCUT2D eigenvalue weighted by atomic mass is 9.87. The fraction of sp³-hybridized carbons (Fsp3) is 0.632. The van der Waals surface area contributed by atoms with Crippen molar-refractivity contribution >= 4 is 6.09 Å². The maximum atomic E-state index is 12.0. The molecule has 0 bridgehead atoms. The van der Waals surface area contributed by atoms with Crippen LogP contribution >= 0.6 is 0 Å². The molecule has 1 N–H and O–H groups in total. The van der Waals surface area contributed by atoms with Gasteiger partial charge >= 0.3 is 6.09 Å². The molecule has 0 aliphatic carbocycles. The van der Waals surface area contributed by atoms with E-state index in [4.69, 9.17) is 4.74 Å². The Balaban J connectivity index is 1.97. The van der Waals surface area contributed by atoms with Crippen molar-refractivity contribution in [2.24, 2.45) is 0 Å². The van der Waals surface area contributed by atoms with E-state index in [1.165, 1.54) is 5.56 Å². The van der Waals surface area contributed by atoms with Gasteiger partial charge in [0, 0.05) is 24.7 Å². The van der Waals surface area contributed by atoms with Crippen LogP contribution in [0.5, 0.6) is 0 Å². The van der Waals surface area contributed by atoms with Crippen molar-refractivity contribution in [1.29, 1.82) is 0 Å². The number of amides is 1. The molecule has 0 spiro atoms. The van der Waals surface area contributed by atoms with Crippen molar-refractivity contribution in [3.05, 3.63) is 35.9 Å². The predicted molar refractivity (Wildman–Crippen MR) is 93.3 cm³/mol. The zero-order chi connectivity index (χ0) is 17.1. The van der Waals surface area contributed by atoms with E-state index >= 15 is 0 Å². The van der Waals surface area contributed by atoms with Crippen LogP contribution < -0.4 is 5.32 Å². The third-order valence-electron chi connectivity index (χ3n) is 4.34. The number of alkyl carbamates (subject to hydrolysis) is 1. The summed E-state index contributed by atoms with van der Waals surface area (Å²) in [5, 5.41) is 3.03. The molecule has 0 aromatic heterocycles. The number of hydrogen-bond donors (Lipinski definition) is 1. The van der Waals surface area contributed by atoms with Crippen LogP contribution in [-0.2, 0) is 11.3 Å². The van der Waals surface area contributed by atoms with E-state index in [1.54, 1.807) is 0 Å². The van der Waals surface area contributed by atoms with Crippen LogP contribution in [0.15, 0.2) is 30.3 Å². The lowest BCUT2D eigenvalue weighted by Gasteiger charge is -2.45. The van der Waals surface area contributed by atoms with E-state index in [0.717, 1.165) is 25.9 Å². The van der Waals surface area contributed by atoms with E-state index in [-0.39, 0.29) is 17.7 Å². The zero-order valence-corrected chi connectivity index (χ0v) is 15.1. The summed E-state index contributed by atoms with van der Waals surface area (Å²) in [7, 11) is 0. The number of nitrogens with zero attached hydrogens (tertiary/aromatic N) is 1. The van der Waals surface area contributed by atoms with Crippen molar-refractivity contribution in [1.82, 2.24) is 10.2 Å². The number of nitrogens with one attached hydrogen (secondary N) is 1. The van der Waals surface area contributed by atoms with Crippen molar-refractivity contribution in [2.75, 3.05) is 6.54 Å². The molecule has 1 saturated heterocycles. The Kier molecular flexibility index (Phi) is 5.35. The molecule has 1 aliphatic rings. The Morgan fingerprint density at radius 3 is 2.57 bits per heavy atom.